The van der Waals surface area contributed by atoms with Crippen molar-refractivity contribution in [3.05, 3.63) is 65.2 Å². The molecule has 0 atom stereocenters. The minimum absolute atomic E-state index is 0.162. The number of carbonyl (C=O) groups is 2. The Morgan fingerprint density at radius 2 is 1.79 bits per heavy atom. The molecule has 124 valence electrons. The summed E-state index contributed by atoms with van der Waals surface area (Å²) in [4.78, 5) is 23.5. The number of hydrogen-bond donors (Lipinski definition) is 3. The molecule has 0 aromatic heterocycles. The molecule has 0 heterocycles. The Morgan fingerprint density at radius 1 is 1.12 bits per heavy atom. The standard InChI is InChI=1S/C17H17N3O3S/c1-23-13-8-6-11(7-9-13)16(22)20-17(24)19-10-12-4-2-3-5-14(12)15(18)21/h2-9H,10H2,1H3,(H2,18,21)(H2,19,20,22,24). The largest absolute Gasteiger partial charge is 0.497 e. The molecule has 2 aromatic rings. The smallest absolute Gasteiger partial charge is 0.257 e. The highest BCUT2D eigenvalue weighted by molar-refractivity contribution is 7.80. The van der Waals surface area contributed by atoms with Crippen molar-refractivity contribution in [2.75, 3.05) is 7.11 Å². The van der Waals surface area contributed by atoms with Crippen molar-refractivity contribution in [2.45, 2.75) is 6.54 Å². The van der Waals surface area contributed by atoms with Crippen molar-refractivity contribution in [3.8, 4) is 5.75 Å². The lowest BCUT2D eigenvalue weighted by molar-refractivity contribution is 0.0973. The summed E-state index contributed by atoms with van der Waals surface area (Å²) in [6, 6.07) is 13.6. The van der Waals surface area contributed by atoms with Crippen molar-refractivity contribution < 1.29 is 14.3 Å². The Labute approximate surface area is 145 Å². The number of ether oxygens (including phenoxy) is 1. The topological polar surface area (TPSA) is 93.4 Å². The van der Waals surface area contributed by atoms with Gasteiger partial charge in [-0.1, -0.05) is 18.2 Å². The normalized spacial score (nSPS) is 9.88. The Hall–Kier alpha value is -2.93. The number of methoxy groups -OCH3 is 1. The fraction of sp³-hybridized carbons (Fsp3) is 0.118. The number of amides is 2. The van der Waals surface area contributed by atoms with Gasteiger partial charge in [0.1, 0.15) is 5.75 Å². The number of nitrogens with two attached hydrogens (primary N) is 1. The molecule has 6 nitrogen and oxygen atoms in total. The second kappa shape index (κ2) is 8.07. The van der Waals surface area contributed by atoms with Crippen LogP contribution in [0.5, 0.6) is 5.75 Å². The second-order valence-electron chi connectivity index (χ2n) is 4.89. The summed E-state index contributed by atoms with van der Waals surface area (Å²) in [5.74, 6) is -0.186. The summed E-state index contributed by atoms with van der Waals surface area (Å²) in [6.45, 7) is 0.279. The second-order valence-corrected chi connectivity index (χ2v) is 5.29. The molecule has 0 aliphatic rings. The van der Waals surface area contributed by atoms with Crippen LogP contribution in [0.2, 0.25) is 0 Å². The van der Waals surface area contributed by atoms with Crippen LogP contribution in [0.15, 0.2) is 48.5 Å². The van der Waals surface area contributed by atoms with E-state index in [1.54, 1.807) is 55.6 Å². The van der Waals surface area contributed by atoms with Gasteiger partial charge in [0.15, 0.2) is 5.11 Å². The van der Waals surface area contributed by atoms with E-state index in [0.717, 1.165) is 0 Å². The minimum Gasteiger partial charge on any atom is -0.497 e. The predicted molar refractivity (Wildman–Crippen MR) is 94.9 cm³/mol. The highest BCUT2D eigenvalue weighted by atomic mass is 32.1. The van der Waals surface area contributed by atoms with Crippen LogP contribution in [-0.2, 0) is 6.54 Å². The van der Waals surface area contributed by atoms with E-state index < -0.39 is 5.91 Å². The average Bonchev–Trinajstić information content (AvgIpc) is 2.60. The van der Waals surface area contributed by atoms with Gasteiger partial charge in [0.05, 0.1) is 7.11 Å². The van der Waals surface area contributed by atoms with Crippen LogP contribution in [0.1, 0.15) is 26.3 Å². The quantitative estimate of drug-likeness (QED) is 0.717. The van der Waals surface area contributed by atoms with Crippen LogP contribution >= 0.6 is 12.2 Å². The lowest BCUT2D eigenvalue weighted by Gasteiger charge is -2.11. The number of carbonyl (C=O) groups excluding carboxylic acids is 2. The Morgan fingerprint density at radius 3 is 2.42 bits per heavy atom. The van der Waals surface area contributed by atoms with Crippen LogP contribution in [0, 0.1) is 0 Å². The summed E-state index contributed by atoms with van der Waals surface area (Å²) in [7, 11) is 1.55. The number of benzene rings is 2. The van der Waals surface area contributed by atoms with Gasteiger partial charge in [0.2, 0.25) is 5.91 Å². The molecule has 2 aromatic carbocycles. The summed E-state index contributed by atoms with van der Waals surface area (Å²) in [6.07, 6.45) is 0. The van der Waals surface area contributed by atoms with Crippen LogP contribution in [0.3, 0.4) is 0 Å². The van der Waals surface area contributed by atoms with E-state index >= 15 is 0 Å². The zero-order valence-electron chi connectivity index (χ0n) is 13.0. The molecule has 7 heteroatoms. The van der Waals surface area contributed by atoms with Gasteiger partial charge < -0.3 is 15.8 Å². The van der Waals surface area contributed by atoms with Crippen molar-refractivity contribution in [2.24, 2.45) is 5.73 Å². The van der Waals surface area contributed by atoms with Crippen LogP contribution in [-0.4, -0.2) is 24.0 Å². The average molecular weight is 343 g/mol. The van der Waals surface area contributed by atoms with Gasteiger partial charge in [0, 0.05) is 17.7 Å². The first kappa shape index (κ1) is 17.4. The predicted octanol–water partition coefficient (Wildman–Crippen LogP) is 1.60. The molecule has 0 saturated heterocycles. The zero-order valence-corrected chi connectivity index (χ0v) is 13.9. The third kappa shape index (κ3) is 4.53. The van der Waals surface area contributed by atoms with Gasteiger partial charge in [-0.15, -0.1) is 0 Å². The molecule has 4 N–H and O–H groups in total. The van der Waals surface area contributed by atoms with Crippen molar-refractivity contribution >= 4 is 29.1 Å². The molecular formula is C17H17N3O3S. The molecule has 2 rings (SSSR count). The molecule has 0 fully saturated rings. The van der Waals surface area contributed by atoms with Crippen molar-refractivity contribution in [1.29, 1.82) is 0 Å². The van der Waals surface area contributed by atoms with Crippen LogP contribution in [0.25, 0.3) is 0 Å². The lowest BCUT2D eigenvalue weighted by Crippen LogP contribution is -2.39. The Bertz CT molecular complexity index is 760. The molecule has 0 bridgehead atoms. The van der Waals surface area contributed by atoms with Gasteiger partial charge in [0.25, 0.3) is 5.91 Å². The zero-order chi connectivity index (χ0) is 17.5. The van der Waals surface area contributed by atoms with Gasteiger partial charge in [-0.3, -0.25) is 14.9 Å². The summed E-state index contributed by atoms with van der Waals surface area (Å²) in [5, 5.41) is 5.62. The molecule has 0 aliphatic heterocycles. The first-order chi connectivity index (χ1) is 11.5. The maximum Gasteiger partial charge on any atom is 0.257 e. The molecule has 0 radical (unpaired) electrons. The summed E-state index contributed by atoms with van der Waals surface area (Å²) < 4.78 is 5.04. The number of rotatable bonds is 5. The maximum atomic E-state index is 12.1. The molecule has 2 amide bonds. The van der Waals surface area contributed by atoms with E-state index in [1.165, 1.54) is 0 Å². The third-order valence-electron chi connectivity index (χ3n) is 3.30. The number of thiocarbonyl (C=S) groups is 1. The minimum atomic E-state index is -0.513. The fourth-order valence-electron chi connectivity index (χ4n) is 2.05. The lowest BCUT2D eigenvalue weighted by atomic mass is 10.1. The van der Waals surface area contributed by atoms with E-state index in [9.17, 15) is 9.59 Å². The SMILES string of the molecule is COc1ccc(C(=O)NC(=S)NCc2ccccc2C(N)=O)cc1. The Kier molecular flexibility index (Phi) is 5.86. The molecule has 0 aliphatic carbocycles. The van der Waals surface area contributed by atoms with Crippen LogP contribution in [0.4, 0.5) is 0 Å². The number of nitrogens with one attached hydrogen (secondary N) is 2. The molecule has 24 heavy (non-hydrogen) atoms. The van der Waals surface area contributed by atoms with Gasteiger partial charge in [-0.25, -0.2) is 0 Å². The monoisotopic (exact) mass is 343 g/mol. The van der Waals surface area contributed by atoms with E-state index in [1.807, 2.05) is 0 Å². The Balaban J connectivity index is 1.93. The third-order valence-corrected chi connectivity index (χ3v) is 3.55. The highest BCUT2D eigenvalue weighted by Crippen LogP contribution is 2.11. The fourth-order valence-corrected chi connectivity index (χ4v) is 2.22. The van der Waals surface area contributed by atoms with Gasteiger partial charge in [-0.05, 0) is 48.1 Å². The number of primary amides is 1. The molecule has 0 saturated carbocycles. The first-order valence-electron chi connectivity index (χ1n) is 7.12. The summed E-state index contributed by atoms with van der Waals surface area (Å²) >= 11 is 5.10. The van der Waals surface area contributed by atoms with E-state index in [-0.39, 0.29) is 17.6 Å². The van der Waals surface area contributed by atoms with Crippen molar-refractivity contribution in [3.63, 3.8) is 0 Å². The summed E-state index contributed by atoms with van der Waals surface area (Å²) in [5.41, 5.74) is 6.89. The molecule has 0 unspecified atom stereocenters. The molecule has 0 spiro atoms. The highest BCUT2D eigenvalue weighted by Gasteiger charge is 2.10. The van der Waals surface area contributed by atoms with E-state index in [4.69, 9.17) is 22.7 Å². The molecular weight excluding hydrogens is 326 g/mol. The van der Waals surface area contributed by atoms with Crippen LogP contribution < -0.4 is 21.1 Å². The van der Waals surface area contributed by atoms with E-state index in [0.29, 0.717) is 22.4 Å². The van der Waals surface area contributed by atoms with Gasteiger partial charge in [-0.2, -0.15) is 0 Å². The van der Waals surface area contributed by atoms with E-state index in [2.05, 4.69) is 10.6 Å². The first-order valence-corrected chi connectivity index (χ1v) is 7.53. The van der Waals surface area contributed by atoms with Gasteiger partial charge >= 0.3 is 0 Å². The van der Waals surface area contributed by atoms with Crippen molar-refractivity contribution in [1.82, 2.24) is 10.6 Å². The maximum absolute atomic E-state index is 12.1. The number of hydrogen-bond acceptors (Lipinski definition) is 4.